The maximum absolute atomic E-state index is 13.5. The molecule has 8 heteroatoms. The van der Waals surface area contributed by atoms with Crippen molar-refractivity contribution in [2.45, 2.75) is 33.2 Å². The van der Waals surface area contributed by atoms with E-state index < -0.39 is 0 Å². The van der Waals surface area contributed by atoms with E-state index in [0.717, 1.165) is 17.7 Å². The Morgan fingerprint density at radius 1 is 1.00 bits per heavy atom. The number of carbonyl (C=O) groups is 1. The summed E-state index contributed by atoms with van der Waals surface area (Å²) in [6.07, 6.45) is 1.60. The van der Waals surface area contributed by atoms with Crippen molar-refractivity contribution in [3.8, 4) is 22.8 Å². The molecule has 0 saturated heterocycles. The molecule has 0 N–H and O–H groups in total. The molecule has 0 bridgehead atoms. The third-order valence-electron chi connectivity index (χ3n) is 5.65. The minimum Gasteiger partial charge on any atom is -0.340 e. The van der Waals surface area contributed by atoms with Gasteiger partial charge in [0.25, 0.3) is 0 Å². The molecule has 0 spiro atoms. The Balaban J connectivity index is 1.59. The molecule has 2 heterocycles. The van der Waals surface area contributed by atoms with Crippen LogP contribution in [-0.2, 0) is 11.3 Å². The van der Waals surface area contributed by atoms with Crippen molar-refractivity contribution in [2.75, 3.05) is 13.1 Å². The van der Waals surface area contributed by atoms with Gasteiger partial charge in [0.1, 0.15) is 18.2 Å². The summed E-state index contributed by atoms with van der Waals surface area (Å²) in [6, 6.07) is 11.8. The second kappa shape index (κ2) is 10.3. The average Bonchev–Trinajstić information content (AvgIpc) is 3.13. The molecule has 0 saturated carbocycles. The normalized spacial score (nSPS) is 14.3. The summed E-state index contributed by atoms with van der Waals surface area (Å²) in [7, 11) is 0. The maximum Gasteiger partial charge on any atom is 0.244 e. The van der Waals surface area contributed by atoms with Gasteiger partial charge in [0, 0.05) is 24.2 Å². The molecule has 0 unspecified atom stereocenters. The molecule has 3 aromatic rings. The summed E-state index contributed by atoms with van der Waals surface area (Å²) in [5, 5.41) is 4.55. The molecule has 0 radical (unpaired) electrons. The lowest BCUT2D eigenvalue weighted by Crippen LogP contribution is -2.35. The van der Waals surface area contributed by atoms with Crippen LogP contribution < -0.4 is 0 Å². The van der Waals surface area contributed by atoms with E-state index in [1.165, 1.54) is 34.7 Å². The topological polar surface area (TPSA) is 51.0 Å². The number of rotatable bonds is 6. The molecule has 0 aliphatic carbocycles. The molecule has 1 aliphatic heterocycles. The van der Waals surface area contributed by atoms with E-state index in [1.54, 1.807) is 40.7 Å². The predicted octanol–water partition coefficient (Wildman–Crippen LogP) is 6.05. The molecule has 4 rings (SSSR count). The second-order valence-corrected chi connectivity index (χ2v) is 9.71. The smallest absolute Gasteiger partial charge is 0.244 e. The standard InChI is InChI=1S/C26H26F2N4OS/c1-17(2)34-23-13-15-31(14-12-18(23)3)24(33)16-32-26(20-6-10-22(28)11-7-20)29-25(30-32)19-4-8-21(27)9-5-19/h4-11H,1,12-16H2,2-3H3. The van der Waals surface area contributed by atoms with Crippen molar-refractivity contribution in [1.29, 1.82) is 0 Å². The quantitative estimate of drug-likeness (QED) is 0.431. The number of carbonyl (C=O) groups excluding carboxylic acids is 1. The summed E-state index contributed by atoms with van der Waals surface area (Å²) in [5.41, 5.74) is 2.56. The fraction of sp³-hybridized carbons (Fsp3) is 0.269. The molecule has 5 nitrogen and oxygen atoms in total. The number of halogens is 2. The first kappa shape index (κ1) is 23.9. The first-order valence-corrected chi connectivity index (χ1v) is 11.9. The van der Waals surface area contributed by atoms with Crippen molar-refractivity contribution >= 4 is 17.7 Å². The molecule has 0 atom stereocenters. The molecule has 176 valence electrons. The van der Waals surface area contributed by atoms with E-state index >= 15 is 0 Å². The van der Waals surface area contributed by atoms with Gasteiger partial charge in [0.05, 0.1) is 0 Å². The minimum absolute atomic E-state index is 0.00289. The number of thioether (sulfide) groups is 1. The van der Waals surface area contributed by atoms with Gasteiger partial charge in [-0.15, -0.1) is 5.10 Å². The largest absolute Gasteiger partial charge is 0.340 e. The third-order valence-corrected chi connectivity index (χ3v) is 6.80. The highest BCUT2D eigenvalue weighted by Gasteiger charge is 2.22. The zero-order chi connectivity index (χ0) is 24.2. The van der Waals surface area contributed by atoms with Crippen LogP contribution in [0, 0.1) is 11.6 Å². The van der Waals surface area contributed by atoms with E-state index in [2.05, 4.69) is 23.6 Å². The van der Waals surface area contributed by atoms with Gasteiger partial charge in [-0.05, 0) is 85.0 Å². The van der Waals surface area contributed by atoms with Gasteiger partial charge in [-0.25, -0.2) is 18.4 Å². The van der Waals surface area contributed by atoms with Crippen molar-refractivity contribution in [2.24, 2.45) is 0 Å². The van der Waals surface area contributed by atoms with Gasteiger partial charge in [-0.3, -0.25) is 4.79 Å². The fourth-order valence-electron chi connectivity index (χ4n) is 3.82. The number of nitrogens with zero attached hydrogens (tertiary/aromatic N) is 4. The number of hydrogen-bond acceptors (Lipinski definition) is 4. The van der Waals surface area contributed by atoms with Gasteiger partial charge < -0.3 is 4.90 Å². The first-order chi connectivity index (χ1) is 16.3. The molecular formula is C26H26F2N4OS. The van der Waals surface area contributed by atoms with Gasteiger partial charge in [-0.2, -0.15) is 0 Å². The van der Waals surface area contributed by atoms with E-state index in [1.807, 2.05) is 11.8 Å². The first-order valence-electron chi connectivity index (χ1n) is 11.1. The SMILES string of the molecule is C=C(C)SC1=C(C)CCN(C(=O)Cn2nc(-c3ccc(F)cc3)nc2-c2ccc(F)cc2)CC1. The van der Waals surface area contributed by atoms with Crippen LogP contribution >= 0.6 is 11.8 Å². The number of amides is 1. The number of benzene rings is 2. The van der Waals surface area contributed by atoms with Crippen LogP contribution in [-0.4, -0.2) is 38.7 Å². The van der Waals surface area contributed by atoms with Crippen LogP contribution in [0.2, 0.25) is 0 Å². The zero-order valence-corrected chi connectivity index (χ0v) is 20.0. The molecule has 34 heavy (non-hydrogen) atoms. The van der Waals surface area contributed by atoms with Crippen LogP contribution in [0.1, 0.15) is 26.7 Å². The molecular weight excluding hydrogens is 454 g/mol. The summed E-state index contributed by atoms with van der Waals surface area (Å²) in [5.74, 6) is 0.0520. The Morgan fingerprint density at radius 3 is 2.21 bits per heavy atom. The van der Waals surface area contributed by atoms with E-state index in [0.29, 0.717) is 35.9 Å². The summed E-state index contributed by atoms with van der Waals surface area (Å²) in [4.78, 5) is 22.0. The number of allylic oxidation sites excluding steroid dienone is 1. The Kier molecular flexibility index (Phi) is 7.26. The Hall–Kier alpha value is -3.26. The highest BCUT2D eigenvalue weighted by molar-refractivity contribution is 8.06. The monoisotopic (exact) mass is 480 g/mol. The van der Waals surface area contributed by atoms with Crippen molar-refractivity contribution in [1.82, 2.24) is 19.7 Å². The average molecular weight is 481 g/mol. The van der Waals surface area contributed by atoms with Gasteiger partial charge in [0.2, 0.25) is 5.91 Å². The van der Waals surface area contributed by atoms with Crippen LogP contribution in [0.5, 0.6) is 0 Å². The lowest BCUT2D eigenvalue weighted by atomic mass is 10.2. The number of aromatic nitrogens is 3. The molecule has 2 aromatic carbocycles. The van der Waals surface area contributed by atoms with Crippen molar-refractivity contribution in [3.63, 3.8) is 0 Å². The van der Waals surface area contributed by atoms with Crippen LogP contribution in [0.3, 0.4) is 0 Å². The molecule has 1 aliphatic rings. The van der Waals surface area contributed by atoms with E-state index in [4.69, 9.17) is 0 Å². The van der Waals surface area contributed by atoms with Gasteiger partial charge >= 0.3 is 0 Å². The second-order valence-electron chi connectivity index (χ2n) is 8.32. The zero-order valence-electron chi connectivity index (χ0n) is 19.2. The Morgan fingerprint density at radius 2 is 1.59 bits per heavy atom. The molecule has 1 aromatic heterocycles. The highest BCUT2D eigenvalue weighted by Crippen LogP contribution is 2.32. The third kappa shape index (κ3) is 5.62. The van der Waals surface area contributed by atoms with Crippen LogP contribution in [0.4, 0.5) is 8.78 Å². The minimum atomic E-state index is -0.361. The predicted molar refractivity (Wildman–Crippen MR) is 132 cm³/mol. The highest BCUT2D eigenvalue weighted by atomic mass is 32.2. The van der Waals surface area contributed by atoms with Crippen LogP contribution in [0.25, 0.3) is 22.8 Å². The summed E-state index contributed by atoms with van der Waals surface area (Å²) < 4.78 is 28.4. The van der Waals surface area contributed by atoms with Gasteiger partial charge in [-0.1, -0.05) is 23.9 Å². The van der Waals surface area contributed by atoms with Crippen molar-refractivity contribution in [3.05, 3.63) is 82.1 Å². The lowest BCUT2D eigenvalue weighted by Gasteiger charge is -2.21. The maximum atomic E-state index is 13.5. The molecule has 0 fully saturated rings. The lowest BCUT2D eigenvalue weighted by molar-refractivity contribution is -0.131. The van der Waals surface area contributed by atoms with Crippen molar-refractivity contribution < 1.29 is 13.6 Å². The number of hydrogen-bond donors (Lipinski definition) is 0. The van der Waals surface area contributed by atoms with E-state index in [9.17, 15) is 13.6 Å². The Labute approximate surface area is 202 Å². The fourth-order valence-corrected chi connectivity index (χ4v) is 4.71. The van der Waals surface area contributed by atoms with Crippen LogP contribution in [0.15, 0.2) is 70.5 Å². The Bertz CT molecular complexity index is 1230. The summed E-state index contributed by atoms with van der Waals surface area (Å²) in [6.45, 7) is 9.34. The summed E-state index contributed by atoms with van der Waals surface area (Å²) >= 11 is 1.68. The van der Waals surface area contributed by atoms with E-state index in [-0.39, 0.29) is 24.1 Å². The molecule has 1 amide bonds. The van der Waals surface area contributed by atoms with Gasteiger partial charge in [0.15, 0.2) is 11.6 Å².